The topological polar surface area (TPSA) is 71.2 Å². The van der Waals surface area contributed by atoms with E-state index >= 15 is 0 Å². The first-order valence-electron chi connectivity index (χ1n) is 12.7. The number of rotatable bonds is 17. The van der Waals surface area contributed by atoms with Gasteiger partial charge in [-0.3, -0.25) is 15.2 Å². The van der Waals surface area contributed by atoms with Gasteiger partial charge in [-0.2, -0.15) is 0 Å². The molecule has 0 saturated carbocycles. The van der Waals surface area contributed by atoms with Gasteiger partial charge in [0, 0.05) is 0 Å². The predicted octanol–water partition coefficient (Wildman–Crippen LogP) is 5.57. The first-order chi connectivity index (χ1) is 14.7. The molecular formula is C25H50N4O2. The van der Waals surface area contributed by atoms with Crippen LogP contribution in [0.3, 0.4) is 0 Å². The molecule has 6 heteroatoms. The van der Waals surface area contributed by atoms with Crippen molar-refractivity contribution in [2.75, 3.05) is 13.1 Å². The molecule has 1 heterocycles. The van der Waals surface area contributed by atoms with Crippen molar-refractivity contribution in [3.63, 3.8) is 0 Å². The van der Waals surface area contributed by atoms with Gasteiger partial charge in [0.05, 0.1) is 18.0 Å². The van der Waals surface area contributed by atoms with Crippen LogP contribution < -0.4 is 16.3 Å². The van der Waals surface area contributed by atoms with Gasteiger partial charge in [0.1, 0.15) is 0 Å². The minimum Gasteiger partial charge on any atom is -0.493 e. The zero-order chi connectivity index (χ0) is 23.4. The molecule has 0 aliphatic heterocycles. The van der Waals surface area contributed by atoms with Crippen LogP contribution in [0.5, 0.6) is 5.88 Å². The number of aromatic hydroxyl groups is 1. The van der Waals surface area contributed by atoms with Gasteiger partial charge >= 0.3 is 5.69 Å². The summed E-state index contributed by atoms with van der Waals surface area (Å²) >= 11 is 0. The van der Waals surface area contributed by atoms with E-state index in [9.17, 15) is 9.90 Å². The van der Waals surface area contributed by atoms with Crippen LogP contribution in [0.1, 0.15) is 118 Å². The number of aromatic nitrogens is 2. The van der Waals surface area contributed by atoms with E-state index in [0.717, 1.165) is 57.3 Å². The van der Waals surface area contributed by atoms with Gasteiger partial charge in [-0.15, -0.1) is 0 Å². The van der Waals surface area contributed by atoms with Crippen LogP contribution in [0, 0.1) is 11.8 Å². The number of nitrogens with one attached hydrogen (secondary N) is 2. The summed E-state index contributed by atoms with van der Waals surface area (Å²) in [5, 5.41) is 18.0. The minimum atomic E-state index is -0.233. The average molecular weight is 439 g/mol. The molecule has 0 aliphatic carbocycles. The molecule has 2 unspecified atom stereocenters. The fraction of sp³-hybridized carbons (Fsp3) is 0.880. The molecule has 0 spiro atoms. The Bertz CT molecular complexity index is 663. The maximum atomic E-state index is 13.4. The van der Waals surface area contributed by atoms with Gasteiger partial charge in [-0.05, 0) is 77.3 Å². The molecule has 0 bridgehead atoms. The van der Waals surface area contributed by atoms with Crippen molar-refractivity contribution < 1.29 is 5.11 Å². The maximum absolute atomic E-state index is 13.4. The smallest absolute Gasteiger partial charge is 0.333 e. The van der Waals surface area contributed by atoms with E-state index in [1.807, 2.05) is 13.8 Å². The highest BCUT2D eigenvalue weighted by molar-refractivity contribution is 5.22. The third-order valence-electron chi connectivity index (χ3n) is 6.03. The van der Waals surface area contributed by atoms with Gasteiger partial charge < -0.3 is 5.11 Å². The molecule has 0 saturated heterocycles. The summed E-state index contributed by atoms with van der Waals surface area (Å²) in [5.74, 6) is 1.48. The van der Waals surface area contributed by atoms with Gasteiger partial charge in [0.2, 0.25) is 5.88 Å². The van der Waals surface area contributed by atoms with Crippen molar-refractivity contribution in [1.29, 1.82) is 0 Å². The van der Waals surface area contributed by atoms with Gasteiger partial charge in [-0.25, -0.2) is 9.36 Å². The molecule has 31 heavy (non-hydrogen) atoms. The van der Waals surface area contributed by atoms with Crippen molar-refractivity contribution in [1.82, 2.24) is 19.8 Å². The largest absolute Gasteiger partial charge is 0.493 e. The van der Waals surface area contributed by atoms with Gasteiger partial charge in [0.15, 0.2) is 0 Å². The van der Waals surface area contributed by atoms with Crippen molar-refractivity contribution in [2.24, 2.45) is 11.8 Å². The lowest BCUT2D eigenvalue weighted by molar-refractivity contribution is 0.341. The second-order valence-electron chi connectivity index (χ2n) is 9.94. The van der Waals surface area contributed by atoms with Crippen LogP contribution >= 0.6 is 0 Å². The highest BCUT2D eigenvalue weighted by atomic mass is 16.3. The lowest BCUT2D eigenvalue weighted by Gasteiger charge is -2.18. The number of imidazole rings is 1. The van der Waals surface area contributed by atoms with Crippen LogP contribution in [0.15, 0.2) is 4.79 Å². The summed E-state index contributed by atoms with van der Waals surface area (Å²) in [6.45, 7) is 16.8. The summed E-state index contributed by atoms with van der Waals surface area (Å²) < 4.78 is 3.32. The number of hydrogen-bond acceptors (Lipinski definition) is 4. The SMILES string of the molecule is CCCCCCc1c(O)n(C(C)NCCCC(C)C)c(=O)n1C(C)NCCCC(C)C. The molecule has 182 valence electrons. The van der Waals surface area contributed by atoms with E-state index in [2.05, 4.69) is 45.3 Å². The van der Waals surface area contributed by atoms with Crippen LogP contribution in [-0.2, 0) is 6.42 Å². The first-order valence-corrected chi connectivity index (χ1v) is 12.7. The van der Waals surface area contributed by atoms with Crippen LogP contribution in [0.4, 0.5) is 0 Å². The van der Waals surface area contributed by atoms with Crippen molar-refractivity contribution in [2.45, 2.75) is 119 Å². The molecule has 6 nitrogen and oxygen atoms in total. The predicted molar refractivity (Wildman–Crippen MR) is 132 cm³/mol. The maximum Gasteiger partial charge on any atom is 0.333 e. The van der Waals surface area contributed by atoms with Gasteiger partial charge in [0.25, 0.3) is 0 Å². The fourth-order valence-corrected chi connectivity index (χ4v) is 4.09. The Morgan fingerprint density at radius 3 is 1.77 bits per heavy atom. The molecule has 1 rings (SSSR count). The second kappa shape index (κ2) is 14.7. The Balaban J connectivity index is 2.98. The second-order valence-corrected chi connectivity index (χ2v) is 9.94. The number of unbranched alkanes of at least 4 members (excludes halogenated alkanes) is 3. The molecule has 0 fully saturated rings. The summed E-state index contributed by atoms with van der Waals surface area (Å²) in [7, 11) is 0. The van der Waals surface area contributed by atoms with Crippen molar-refractivity contribution >= 4 is 0 Å². The third kappa shape index (κ3) is 9.40. The lowest BCUT2D eigenvalue weighted by Crippen LogP contribution is -2.38. The molecular weight excluding hydrogens is 388 g/mol. The van der Waals surface area contributed by atoms with E-state index in [1.165, 1.54) is 23.8 Å². The van der Waals surface area contributed by atoms with Crippen LogP contribution in [0.25, 0.3) is 0 Å². The fourth-order valence-electron chi connectivity index (χ4n) is 4.09. The van der Waals surface area contributed by atoms with Crippen LogP contribution in [-0.4, -0.2) is 27.3 Å². The Labute approximate surface area is 190 Å². The Kier molecular flexibility index (Phi) is 13.2. The molecule has 1 aromatic heterocycles. The molecule has 2 atom stereocenters. The molecule has 0 aliphatic rings. The molecule has 0 amide bonds. The van der Waals surface area contributed by atoms with E-state index < -0.39 is 0 Å². The minimum absolute atomic E-state index is 0.126. The molecule has 0 aromatic carbocycles. The monoisotopic (exact) mass is 438 g/mol. The van der Waals surface area contributed by atoms with E-state index in [4.69, 9.17) is 0 Å². The Hall–Kier alpha value is -1.27. The van der Waals surface area contributed by atoms with E-state index in [1.54, 1.807) is 4.57 Å². The summed E-state index contributed by atoms with van der Waals surface area (Å²) in [6, 6.07) is 0. The highest BCUT2D eigenvalue weighted by Crippen LogP contribution is 2.24. The first kappa shape index (κ1) is 27.8. The summed E-state index contributed by atoms with van der Waals surface area (Å²) in [5.41, 5.74) is 0.636. The third-order valence-corrected chi connectivity index (χ3v) is 6.03. The highest BCUT2D eigenvalue weighted by Gasteiger charge is 2.25. The van der Waals surface area contributed by atoms with Crippen LogP contribution in [0.2, 0.25) is 0 Å². The summed E-state index contributed by atoms with van der Waals surface area (Å²) in [4.78, 5) is 13.4. The van der Waals surface area contributed by atoms with E-state index in [0.29, 0.717) is 11.8 Å². The Morgan fingerprint density at radius 2 is 1.29 bits per heavy atom. The quantitative estimate of drug-likeness (QED) is 0.278. The standard InChI is InChI=1S/C25H50N4O2/c1-8-9-10-11-16-23-24(30)29(22(7)27-18-13-15-20(4)5)25(31)28(23)21(6)26-17-12-14-19(2)3/h19-22,26-27,30H,8-18H2,1-7H3. The normalized spacial score (nSPS) is 14.0. The van der Waals surface area contributed by atoms with E-state index in [-0.39, 0.29) is 23.9 Å². The zero-order valence-electron chi connectivity index (χ0n) is 21.3. The lowest BCUT2D eigenvalue weighted by atomic mass is 10.1. The summed E-state index contributed by atoms with van der Waals surface area (Å²) in [6.07, 6.45) is 9.29. The Morgan fingerprint density at radius 1 is 0.774 bits per heavy atom. The number of hydrogen-bond donors (Lipinski definition) is 3. The van der Waals surface area contributed by atoms with Crippen molar-refractivity contribution in [3.05, 3.63) is 16.2 Å². The van der Waals surface area contributed by atoms with Gasteiger partial charge in [-0.1, -0.05) is 53.9 Å². The molecule has 0 radical (unpaired) electrons. The molecule has 3 N–H and O–H groups in total. The van der Waals surface area contributed by atoms with Crippen molar-refractivity contribution in [3.8, 4) is 5.88 Å². The zero-order valence-corrected chi connectivity index (χ0v) is 21.3. The number of nitrogens with zero attached hydrogens (tertiary/aromatic N) is 2. The average Bonchev–Trinajstić information content (AvgIpc) is 2.95. The molecule has 1 aromatic rings.